The molecule has 1 heterocycles. The quantitative estimate of drug-likeness (QED) is 0.899. The minimum atomic E-state index is -0.245. The van der Waals surface area contributed by atoms with Crippen LogP contribution in [0.2, 0.25) is 0 Å². The Hall–Kier alpha value is -1.26. The predicted molar refractivity (Wildman–Crippen MR) is 66.6 cm³/mol. The molecule has 0 unspecified atom stereocenters. The summed E-state index contributed by atoms with van der Waals surface area (Å²) in [6, 6.07) is 6.62. The Balaban J connectivity index is 2.41. The highest BCUT2D eigenvalue weighted by Crippen LogP contribution is 2.36. The van der Waals surface area contributed by atoms with E-state index in [2.05, 4.69) is 0 Å². The lowest BCUT2D eigenvalue weighted by atomic mass is 10.1. The van der Waals surface area contributed by atoms with Crippen LogP contribution in [-0.2, 0) is 0 Å². The maximum atomic E-state index is 13.8. The monoisotopic (exact) mass is 251 g/mol. The van der Waals surface area contributed by atoms with Crippen molar-refractivity contribution in [3.8, 4) is 0 Å². The van der Waals surface area contributed by atoms with Crippen LogP contribution in [0.15, 0.2) is 44.7 Å². The molecule has 0 aliphatic heterocycles. The van der Waals surface area contributed by atoms with Gasteiger partial charge in [-0.2, -0.15) is 0 Å². The van der Waals surface area contributed by atoms with Crippen molar-refractivity contribution in [3.63, 3.8) is 0 Å². The number of rotatable bonds is 3. The van der Waals surface area contributed by atoms with Gasteiger partial charge in [-0.15, -0.1) is 0 Å². The molecule has 0 spiro atoms. The van der Waals surface area contributed by atoms with Gasteiger partial charge in [0.2, 0.25) is 0 Å². The predicted octanol–water partition coefficient (Wildman–Crippen LogP) is 3.90. The summed E-state index contributed by atoms with van der Waals surface area (Å²) >= 11 is 1.35. The Morgan fingerprint density at radius 3 is 2.71 bits per heavy atom. The molecule has 90 valence electrons. The molecule has 0 saturated heterocycles. The lowest BCUT2D eigenvalue weighted by Crippen LogP contribution is -2.07. The van der Waals surface area contributed by atoms with Crippen LogP contribution in [-0.4, -0.2) is 0 Å². The molecule has 1 aromatic heterocycles. The third kappa shape index (κ3) is 2.53. The van der Waals surface area contributed by atoms with Crippen molar-refractivity contribution in [1.82, 2.24) is 0 Å². The van der Waals surface area contributed by atoms with Gasteiger partial charge in [-0.05, 0) is 31.5 Å². The first kappa shape index (κ1) is 12.2. The molecule has 4 heteroatoms. The van der Waals surface area contributed by atoms with E-state index < -0.39 is 0 Å². The lowest BCUT2D eigenvalue weighted by Gasteiger charge is -2.12. The minimum Gasteiger partial charge on any atom is -0.468 e. The summed E-state index contributed by atoms with van der Waals surface area (Å²) < 4.78 is 19.0. The largest absolute Gasteiger partial charge is 0.468 e. The third-order valence-electron chi connectivity index (χ3n) is 2.51. The van der Waals surface area contributed by atoms with Gasteiger partial charge < -0.3 is 10.2 Å². The van der Waals surface area contributed by atoms with Crippen LogP contribution in [0.3, 0.4) is 0 Å². The van der Waals surface area contributed by atoms with Gasteiger partial charge in [-0.1, -0.05) is 23.9 Å². The molecule has 1 aromatic carbocycles. The topological polar surface area (TPSA) is 39.2 Å². The van der Waals surface area contributed by atoms with E-state index in [1.165, 1.54) is 17.8 Å². The highest BCUT2D eigenvalue weighted by molar-refractivity contribution is 7.99. The van der Waals surface area contributed by atoms with Crippen LogP contribution >= 0.6 is 11.8 Å². The van der Waals surface area contributed by atoms with Gasteiger partial charge in [-0.3, -0.25) is 0 Å². The average molecular weight is 251 g/mol. The van der Waals surface area contributed by atoms with Crippen molar-refractivity contribution in [3.05, 3.63) is 47.7 Å². The van der Waals surface area contributed by atoms with Gasteiger partial charge in [0, 0.05) is 6.04 Å². The van der Waals surface area contributed by atoms with Gasteiger partial charge in [0.05, 0.1) is 16.1 Å². The molecule has 17 heavy (non-hydrogen) atoms. The van der Waals surface area contributed by atoms with Crippen molar-refractivity contribution in [1.29, 1.82) is 0 Å². The Labute approximate surface area is 104 Å². The normalized spacial score (nSPS) is 12.7. The molecular weight excluding hydrogens is 237 g/mol. The summed E-state index contributed by atoms with van der Waals surface area (Å²) in [7, 11) is 0. The number of hydrogen-bond acceptors (Lipinski definition) is 3. The van der Waals surface area contributed by atoms with E-state index in [1.54, 1.807) is 12.3 Å². The van der Waals surface area contributed by atoms with Crippen molar-refractivity contribution in [2.24, 2.45) is 5.73 Å². The van der Waals surface area contributed by atoms with Crippen LogP contribution in [0, 0.1) is 12.7 Å². The summed E-state index contributed by atoms with van der Waals surface area (Å²) in [5.74, 6) is 0.541. The van der Waals surface area contributed by atoms with Crippen molar-refractivity contribution < 1.29 is 8.81 Å². The Bertz CT molecular complexity index is 522. The summed E-state index contributed by atoms with van der Waals surface area (Å²) in [5.41, 5.74) is 6.66. The summed E-state index contributed by atoms with van der Waals surface area (Å²) in [5, 5.41) is 0. The van der Waals surface area contributed by atoms with E-state index in [0.29, 0.717) is 4.90 Å². The van der Waals surface area contributed by atoms with Crippen LogP contribution in [0.25, 0.3) is 0 Å². The van der Waals surface area contributed by atoms with E-state index in [4.69, 9.17) is 10.2 Å². The zero-order chi connectivity index (χ0) is 12.4. The molecule has 0 aliphatic rings. The lowest BCUT2D eigenvalue weighted by molar-refractivity contribution is 0.526. The molecular formula is C13H14FNOS. The standard InChI is InChI=1S/C13H14FNOS/c1-8(15)10-4-3-5-11(14)13(10)17-12-6-7-16-9(12)2/h3-8H,15H2,1-2H3/t8-/m1/s1. The second kappa shape index (κ2) is 4.94. The first-order valence-electron chi connectivity index (χ1n) is 5.35. The average Bonchev–Trinajstić information content (AvgIpc) is 2.67. The Morgan fingerprint density at radius 1 is 1.35 bits per heavy atom. The van der Waals surface area contributed by atoms with Crippen molar-refractivity contribution >= 4 is 11.8 Å². The molecule has 0 fully saturated rings. The number of hydrogen-bond donors (Lipinski definition) is 1. The van der Waals surface area contributed by atoms with Crippen molar-refractivity contribution in [2.75, 3.05) is 0 Å². The van der Waals surface area contributed by atoms with Gasteiger partial charge >= 0.3 is 0 Å². The maximum absolute atomic E-state index is 13.8. The molecule has 0 radical (unpaired) electrons. The van der Waals surface area contributed by atoms with Gasteiger partial charge in [0.25, 0.3) is 0 Å². The molecule has 0 aliphatic carbocycles. The van der Waals surface area contributed by atoms with Crippen LogP contribution in [0.4, 0.5) is 4.39 Å². The molecule has 1 atom stereocenters. The Kier molecular flexibility index (Phi) is 3.54. The Morgan fingerprint density at radius 2 is 2.12 bits per heavy atom. The SMILES string of the molecule is Cc1occc1Sc1c(F)cccc1[C@@H](C)N. The van der Waals surface area contributed by atoms with E-state index in [9.17, 15) is 4.39 Å². The number of halogens is 1. The second-order valence-corrected chi connectivity index (χ2v) is 4.94. The van der Waals surface area contributed by atoms with Crippen molar-refractivity contribution in [2.45, 2.75) is 29.7 Å². The van der Waals surface area contributed by atoms with E-state index in [-0.39, 0.29) is 11.9 Å². The molecule has 2 nitrogen and oxygen atoms in total. The summed E-state index contributed by atoms with van der Waals surface area (Å²) in [4.78, 5) is 1.49. The molecule has 0 saturated carbocycles. The van der Waals surface area contributed by atoms with E-state index >= 15 is 0 Å². The minimum absolute atomic E-state index is 0.194. The molecule has 0 amide bonds. The van der Waals surface area contributed by atoms with Gasteiger partial charge in [0.1, 0.15) is 11.6 Å². The van der Waals surface area contributed by atoms with Crippen LogP contribution in [0.1, 0.15) is 24.3 Å². The maximum Gasteiger partial charge on any atom is 0.137 e. The fourth-order valence-electron chi connectivity index (χ4n) is 1.58. The highest BCUT2D eigenvalue weighted by atomic mass is 32.2. The van der Waals surface area contributed by atoms with Gasteiger partial charge in [-0.25, -0.2) is 4.39 Å². The molecule has 2 N–H and O–H groups in total. The highest BCUT2D eigenvalue weighted by Gasteiger charge is 2.14. The van der Waals surface area contributed by atoms with Gasteiger partial charge in [0.15, 0.2) is 0 Å². The summed E-state index contributed by atoms with van der Waals surface area (Å²) in [6.45, 7) is 3.70. The fourth-order valence-corrected chi connectivity index (χ4v) is 2.65. The first-order chi connectivity index (χ1) is 8.09. The number of aryl methyl sites for hydroxylation is 1. The van der Waals surface area contributed by atoms with Crippen LogP contribution in [0.5, 0.6) is 0 Å². The number of nitrogens with two attached hydrogens (primary N) is 1. The number of benzene rings is 1. The van der Waals surface area contributed by atoms with E-state index in [1.807, 2.05) is 26.0 Å². The third-order valence-corrected chi connectivity index (χ3v) is 3.79. The fraction of sp³-hybridized carbons (Fsp3) is 0.231. The molecule has 2 rings (SSSR count). The first-order valence-corrected chi connectivity index (χ1v) is 6.17. The smallest absolute Gasteiger partial charge is 0.137 e. The number of furan rings is 1. The molecule has 2 aromatic rings. The van der Waals surface area contributed by atoms with E-state index in [0.717, 1.165) is 16.2 Å². The summed E-state index contributed by atoms with van der Waals surface area (Å²) in [6.07, 6.45) is 1.60. The zero-order valence-corrected chi connectivity index (χ0v) is 10.6. The molecule has 0 bridgehead atoms. The zero-order valence-electron chi connectivity index (χ0n) is 9.74. The van der Waals surface area contributed by atoms with Crippen LogP contribution < -0.4 is 5.73 Å². The second-order valence-electron chi connectivity index (χ2n) is 3.89.